The molecule has 0 fully saturated rings. The van der Waals surface area contributed by atoms with Gasteiger partial charge in [0.2, 0.25) is 5.91 Å². The fourth-order valence-corrected chi connectivity index (χ4v) is 3.80. The zero-order valence-corrected chi connectivity index (χ0v) is 16.5. The molecule has 8 heteroatoms. The minimum absolute atomic E-state index is 0.0284. The van der Waals surface area contributed by atoms with E-state index in [9.17, 15) is 4.79 Å². The van der Waals surface area contributed by atoms with Crippen LogP contribution in [0.3, 0.4) is 0 Å². The number of nitrogens with one attached hydrogen (secondary N) is 2. The Balaban J connectivity index is 1.26. The predicted octanol–water partition coefficient (Wildman–Crippen LogP) is 3.01. The molecule has 0 bridgehead atoms. The summed E-state index contributed by atoms with van der Waals surface area (Å²) in [4.78, 5) is 17.3. The number of fused-ring (bicyclic) bond motifs is 1. The summed E-state index contributed by atoms with van der Waals surface area (Å²) in [7, 11) is 1.87. The first-order valence-corrected chi connectivity index (χ1v) is 9.94. The lowest BCUT2D eigenvalue weighted by molar-refractivity contribution is -0.120. The summed E-state index contributed by atoms with van der Waals surface area (Å²) in [6, 6.07) is 17.5. The van der Waals surface area contributed by atoms with Crippen LogP contribution in [0.25, 0.3) is 22.8 Å². The first kappa shape index (κ1) is 18.2. The highest BCUT2D eigenvalue weighted by Crippen LogP contribution is 2.26. The van der Waals surface area contributed by atoms with Crippen LogP contribution in [0.5, 0.6) is 0 Å². The van der Waals surface area contributed by atoms with Crippen molar-refractivity contribution in [2.75, 3.05) is 5.32 Å². The Bertz CT molecular complexity index is 1180. The van der Waals surface area contributed by atoms with Crippen LogP contribution in [0.1, 0.15) is 17.8 Å². The van der Waals surface area contributed by atoms with Crippen molar-refractivity contribution in [3.05, 3.63) is 66.0 Å². The van der Waals surface area contributed by atoms with Crippen molar-refractivity contribution in [3.63, 3.8) is 0 Å². The fourth-order valence-electron chi connectivity index (χ4n) is 3.80. The molecule has 2 N–H and O–H groups in total. The van der Waals surface area contributed by atoms with Gasteiger partial charge < -0.3 is 5.32 Å². The lowest BCUT2D eigenvalue weighted by atomic mass is 9.89. The molecular weight excluding hydrogens is 378 g/mol. The number of aromatic amines is 1. The number of anilines is 1. The molecular formula is C22H21N7O. The van der Waals surface area contributed by atoms with Crippen LogP contribution in [0.4, 0.5) is 5.69 Å². The Morgan fingerprint density at radius 1 is 1.10 bits per heavy atom. The first-order valence-electron chi connectivity index (χ1n) is 9.94. The third-order valence-corrected chi connectivity index (χ3v) is 5.51. The van der Waals surface area contributed by atoms with Crippen LogP contribution in [0.15, 0.2) is 54.6 Å². The highest BCUT2D eigenvalue weighted by molar-refractivity contribution is 5.93. The summed E-state index contributed by atoms with van der Waals surface area (Å²) >= 11 is 0. The fraction of sp³-hybridized carbons (Fsp3) is 0.227. The molecule has 1 aliphatic rings. The largest absolute Gasteiger partial charge is 0.326 e. The van der Waals surface area contributed by atoms with E-state index in [2.05, 4.69) is 30.8 Å². The van der Waals surface area contributed by atoms with Crippen LogP contribution in [0, 0.1) is 5.92 Å². The summed E-state index contributed by atoms with van der Waals surface area (Å²) in [5.41, 5.74) is 4.69. The molecule has 1 aliphatic carbocycles. The Kier molecular flexibility index (Phi) is 4.59. The second-order valence-corrected chi connectivity index (χ2v) is 7.49. The SMILES string of the molecule is Cn1nnc2c1CC(C(=O)Nc1ccc(-c3nc(-c4ccccc4)n[nH]3)cc1)CC2. The van der Waals surface area contributed by atoms with E-state index in [1.807, 2.05) is 61.6 Å². The summed E-state index contributed by atoms with van der Waals surface area (Å²) in [5.74, 6) is 1.30. The van der Waals surface area contributed by atoms with Gasteiger partial charge in [-0.2, -0.15) is 5.10 Å². The molecule has 1 unspecified atom stereocenters. The average molecular weight is 399 g/mol. The summed E-state index contributed by atoms with van der Waals surface area (Å²) in [5, 5.41) is 18.5. The average Bonchev–Trinajstić information content (AvgIpc) is 3.42. The minimum Gasteiger partial charge on any atom is -0.326 e. The molecule has 0 spiro atoms. The van der Waals surface area contributed by atoms with Gasteiger partial charge in [0.25, 0.3) is 0 Å². The zero-order chi connectivity index (χ0) is 20.5. The van der Waals surface area contributed by atoms with Gasteiger partial charge in [0.05, 0.1) is 11.4 Å². The molecule has 0 aliphatic heterocycles. The number of H-pyrrole nitrogens is 1. The Hall–Kier alpha value is -3.81. The van der Waals surface area contributed by atoms with Crippen LogP contribution in [0.2, 0.25) is 0 Å². The van der Waals surface area contributed by atoms with E-state index in [4.69, 9.17) is 0 Å². The molecule has 0 saturated heterocycles. The van der Waals surface area contributed by atoms with Gasteiger partial charge in [0, 0.05) is 36.2 Å². The highest BCUT2D eigenvalue weighted by atomic mass is 16.1. The quantitative estimate of drug-likeness (QED) is 0.549. The van der Waals surface area contributed by atoms with Crippen molar-refractivity contribution in [2.45, 2.75) is 19.3 Å². The van der Waals surface area contributed by atoms with E-state index in [-0.39, 0.29) is 11.8 Å². The number of hydrogen-bond donors (Lipinski definition) is 2. The Labute approximate surface area is 173 Å². The van der Waals surface area contributed by atoms with E-state index in [0.29, 0.717) is 18.1 Å². The molecule has 2 heterocycles. The number of amides is 1. The lowest BCUT2D eigenvalue weighted by Gasteiger charge is -2.21. The van der Waals surface area contributed by atoms with Gasteiger partial charge in [-0.05, 0) is 37.1 Å². The maximum atomic E-state index is 12.7. The topological polar surface area (TPSA) is 101 Å². The van der Waals surface area contributed by atoms with Crippen LogP contribution < -0.4 is 5.32 Å². The normalized spacial score (nSPS) is 15.6. The van der Waals surface area contributed by atoms with Gasteiger partial charge in [-0.15, -0.1) is 5.10 Å². The van der Waals surface area contributed by atoms with Gasteiger partial charge >= 0.3 is 0 Å². The van der Waals surface area contributed by atoms with Gasteiger partial charge in [-0.3, -0.25) is 14.6 Å². The molecule has 2 aromatic heterocycles. The number of rotatable bonds is 4. The number of nitrogens with zero attached hydrogens (tertiary/aromatic N) is 5. The van der Waals surface area contributed by atoms with Gasteiger partial charge in [0.15, 0.2) is 11.6 Å². The number of carbonyl (C=O) groups is 1. The maximum Gasteiger partial charge on any atom is 0.227 e. The minimum atomic E-state index is -0.0721. The molecule has 150 valence electrons. The molecule has 8 nitrogen and oxygen atoms in total. The Morgan fingerprint density at radius 2 is 1.90 bits per heavy atom. The summed E-state index contributed by atoms with van der Waals surface area (Å²) < 4.78 is 1.77. The van der Waals surface area contributed by atoms with Crippen LogP contribution >= 0.6 is 0 Å². The predicted molar refractivity (Wildman–Crippen MR) is 112 cm³/mol. The monoisotopic (exact) mass is 399 g/mol. The molecule has 1 atom stereocenters. The van der Waals surface area contributed by atoms with Crippen LogP contribution in [-0.2, 0) is 24.7 Å². The highest BCUT2D eigenvalue weighted by Gasteiger charge is 2.28. The van der Waals surface area contributed by atoms with Crippen molar-refractivity contribution in [2.24, 2.45) is 13.0 Å². The van der Waals surface area contributed by atoms with Crippen molar-refractivity contribution >= 4 is 11.6 Å². The second kappa shape index (κ2) is 7.55. The summed E-state index contributed by atoms with van der Waals surface area (Å²) in [6.07, 6.45) is 2.24. The van der Waals surface area contributed by atoms with Gasteiger partial charge in [-0.1, -0.05) is 35.5 Å². The number of benzene rings is 2. The number of aryl methyl sites for hydroxylation is 2. The molecule has 1 amide bonds. The molecule has 2 aromatic carbocycles. The van der Waals surface area contributed by atoms with Gasteiger partial charge in [0.1, 0.15) is 0 Å². The number of hydrogen-bond acceptors (Lipinski definition) is 5. The van der Waals surface area contributed by atoms with Gasteiger partial charge in [-0.25, -0.2) is 4.98 Å². The van der Waals surface area contributed by atoms with E-state index < -0.39 is 0 Å². The standard InChI is InChI=1S/C22H21N7O/c1-29-19-13-16(9-12-18(19)25-28-29)22(30)23-17-10-7-15(8-11-17)21-24-20(26-27-21)14-5-3-2-4-6-14/h2-8,10-11,16H,9,12-13H2,1H3,(H,23,30)(H,24,26,27). The van der Waals surface area contributed by atoms with E-state index >= 15 is 0 Å². The van der Waals surface area contributed by atoms with E-state index in [0.717, 1.165) is 41.0 Å². The van der Waals surface area contributed by atoms with E-state index in [1.165, 1.54) is 0 Å². The van der Waals surface area contributed by atoms with E-state index in [1.54, 1.807) is 4.68 Å². The lowest BCUT2D eigenvalue weighted by Crippen LogP contribution is -2.29. The van der Waals surface area contributed by atoms with Crippen LogP contribution in [-0.4, -0.2) is 36.1 Å². The second-order valence-electron chi connectivity index (χ2n) is 7.49. The summed E-state index contributed by atoms with van der Waals surface area (Å²) in [6.45, 7) is 0. The molecule has 30 heavy (non-hydrogen) atoms. The number of carbonyl (C=O) groups excluding carboxylic acids is 1. The Morgan fingerprint density at radius 3 is 2.70 bits per heavy atom. The van der Waals surface area contributed by atoms with Crippen molar-refractivity contribution in [1.29, 1.82) is 0 Å². The molecule has 5 rings (SSSR count). The van der Waals surface area contributed by atoms with Crippen molar-refractivity contribution in [1.82, 2.24) is 30.2 Å². The number of aromatic nitrogens is 6. The maximum absolute atomic E-state index is 12.7. The van der Waals surface area contributed by atoms with Crippen molar-refractivity contribution < 1.29 is 4.79 Å². The molecule has 0 saturated carbocycles. The first-order chi connectivity index (χ1) is 14.7. The zero-order valence-electron chi connectivity index (χ0n) is 16.5. The molecule has 4 aromatic rings. The third-order valence-electron chi connectivity index (χ3n) is 5.51. The molecule has 0 radical (unpaired) electrons. The smallest absolute Gasteiger partial charge is 0.227 e. The van der Waals surface area contributed by atoms with Crippen molar-refractivity contribution in [3.8, 4) is 22.8 Å². The third kappa shape index (κ3) is 3.47.